The van der Waals surface area contributed by atoms with Gasteiger partial charge in [0.1, 0.15) is 0 Å². The van der Waals surface area contributed by atoms with Gasteiger partial charge in [0.2, 0.25) is 0 Å². The van der Waals surface area contributed by atoms with Crippen molar-refractivity contribution >= 4 is 34.6 Å². The van der Waals surface area contributed by atoms with E-state index < -0.39 is 5.91 Å². The largest absolute Gasteiger partial charge is 0.399 e. The molecule has 92 valence electrons. The van der Waals surface area contributed by atoms with Crippen molar-refractivity contribution in [3.05, 3.63) is 47.2 Å². The van der Waals surface area contributed by atoms with Gasteiger partial charge in [0.25, 0.3) is 5.91 Å². The summed E-state index contributed by atoms with van der Waals surface area (Å²) in [4.78, 5) is 15.3. The van der Waals surface area contributed by atoms with E-state index in [1.807, 2.05) is 0 Å². The molecule has 0 radical (unpaired) electrons. The summed E-state index contributed by atoms with van der Waals surface area (Å²) >= 11 is 6.06. The van der Waals surface area contributed by atoms with Gasteiger partial charge in [0.15, 0.2) is 0 Å². The van der Waals surface area contributed by atoms with Crippen LogP contribution in [0.25, 0.3) is 0 Å². The standard InChI is InChI=1S/C12H11ClN4O/c13-10-5-7(14)4-9(12(15)18)11(10)17-8-2-1-3-16-6-8/h1-6,17H,14H2,(H2,15,18). The molecule has 1 aromatic carbocycles. The quantitative estimate of drug-likeness (QED) is 0.739. The first-order chi connectivity index (χ1) is 8.58. The molecule has 0 spiro atoms. The van der Waals surface area contributed by atoms with E-state index in [4.69, 9.17) is 23.1 Å². The Kier molecular flexibility index (Phi) is 3.34. The molecule has 0 saturated heterocycles. The van der Waals surface area contributed by atoms with E-state index in [0.717, 1.165) is 0 Å². The van der Waals surface area contributed by atoms with E-state index in [0.29, 0.717) is 22.1 Å². The van der Waals surface area contributed by atoms with Crippen LogP contribution in [0.2, 0.25) is 5.02 Å². The minimum Gasteiger partial charge on any atom is -0.399 e. The topological polar surface area (TPSA) is 94.0 Å². The Labute approximate surface area is 109 Å². The lowest BCUT2D eigenvalue weighted by Gasteiger charge is -2.12. The molecule has 0 atom stereocenters. The van der Waals surface area contributed by atoms with Crippen LogP contribution in [0, 0.1) is 0 Å². The highest BCUT2D eigenvalue weighted by Gasteiger charge is 2.13. The third kappa shape index (κ3) is 2.52. The molecule has 1 heterocycles. The first-order valence-electron chi connectivity index (χ1n) is 5.14. The average Bonchev–Trinajstić information content (AvgIpc) is 2.33. The molecule has 1 aromatic heterocycles. The summed E-state index contributed by atoms with van der Waals surface area (Å²) in [5.41, 5.74) is 12.7. The Morgan fingerprint density at radius 1 is 1.39 bits per heavy atom. The SMILES string of the molecule is NC(=O)c1cc(N)cc(Cl)c1Nc1cccnc1. The van der Waals surface area contributed by atoms with Crippen LogP contribution in [-0.2, 0) is 0 Å². The molecular weight excluding hydrogens is 252 g/mol. The molecule has 5 N–H and O–H groups in total. The van der Waals surface area contributed by atoms with Crippen molar-refractivity contribution in [3.8, 4) is 0 Å². The number of anilines is 3. The van der Waals surface area contributed by atoms with Crippen molar-refractivity contribution < 1.29 is 4.79 Å². The Morgan fingerprint density at radius 2 is 2.17 bits per heavy atom. The number of carbonyl (C=O) groups excluding carboxylic acids is 1. The molecule has 0 unspecified atom stereocenters. The third-order valence-corrected chi connectivity index (χ3v) is 2.61. The predicted molar refractivity (Wildman–Crippen MR) is 71.9 cm³/mol. The molecule has 0 aliphatic rings. The molecule has 2 rings (SSSR count). The molecule has 5 nitrogen and oxygen atoms in total. The first kappa shape index (κ1) is 12.2. The first-order valence-corrected chi connectivity index (χ1v) is 5.51. The number of nitrogens with one attached hydrogen (secondary N) is 1. The fraction of sp³-hybridized carbons (Fsp3) is 0. The van der Waals surface area contributed by atoms with Gasteiger partial charge in [-0.05, 0) is 24.3 Å². The molecule has 18 heavy (non-hydrogen) atoms. The highest BCUT2D eigenvalue weighted by Crippen LogP contribution is 2.31. The van der Waals surface area contributed by atoms with Crippen molar-refractivity contribution in [2.45, 2.75) is 0 Å². The van der Waals surface area contributed by atoms with Crippen LogP contribution in [0.3, 0.4) is 0 Å². The normalized spacial score (nSPS) is 10.1. The number of pyridine rings is 1. The Hall–Kier alpha value is -2.27. The summed E-state index contributed by atoms with van der Waals surface area (Å²) in [5.74, 6) is -0.601. The van der Waals surface area contributed by atoms with Crippen molar-refractivity contribution in [2.24, 2.45) is 5.73 Å². The molecular formula is C12H11ClN4O. The van der Waals surface area contributed by atoms with Gasteiger partial charge in [-0.2, -0.15) is 0 Å². The Bertz CT molecular complexity index is 586. The maximum absolute atomic E-state index is 11.4. The predicted octanol–water partition coefficient (Wildman–Crippen LogP) is 2.16. The van der Waals surface area contributed by atoms with Crippen LogP contribution in [-0.4, -0.2) is 10.9 Å². The van der Waals surface area contributed by atoms with E-state index >= 15 is 0 Å². The minimum atomic E-state index is -0.601. The lowest BCUT2D eigenvalue weighted by atomic mass is 10.1. The highest BCUT2D eigenvalue weighted by molar-refractivity contribution is 6.34. The van der Waals surface area contributed by atoms with Gasteiger partial charge >= 0.3 is 0 Å². The van der Waals surface area contributed by atoms with Gasteiger partial charge in [0.05, 0.1) is 28.2 Å². The number of nitrogens with zero attached hydrogens (tertiary/aromatic N) is 1. The second kappa shape index (κ2) is 4.93. The third-order valence-electron chi connectivity index (χ3n) is 2.31. The van der Waals surface area contributed by atoms with Crippen molar-refractivity contribution in [3.63, 3.8) is 0 Å². The van der Waals surface area contributed by atoms with E-state index in [1.54, 1.807) is 30.6 Å². The van der Waals surface area contributed by atoms with Crippen LogP contribution in [0.15, 0.2) is 36.7 Å². The lowest BCUT2D eigenvalue weighted by molar-refractivity contribution is 0.100. The number of nitrogen functional groups attached to an aromatic ring is 1. The van der Waals surface area contributed by atoms with Gasteiger partial charge in [-0.3, -0.25) is 9.78 Å². The van der Waals surface area contributed by atoms with Gasteiger partial charge in [-0.1, -0.05) is 11.6 Å². The number of halogens is 1. The van der Waals surface area contributed by atoms with Crippen LogP contribution in [0.5, 0.6) is 0 Å². The summed E-state index contributed by atoms with van der Waals surface area (Å²) in [6.45, 7) is 0. The smallest absolute Gasteiger partial charge is 0.250 e. The zero-order chi connectivity index (χ0) is 13.1. The fourth-order valence-electron chi connectivity index (χ4n) is 1.53. The summed E-state index contributed by atoms with van der Waals surface area (Å²) in [6, 6.07) is 6.58. The lowest BCUT2D eigenvalue weighted by Crippen LogP contribution is -2.14. The number of hydrogen-bond donors (Lipinski definition) is 3. The Balaban J connectivity index is 2.47. The summed E-state index contributed by atoms with van der Waals surface area (Å²) in [5, 5.41) is 3.33. The summed E-state index contributed by atoms with van der Waals surface area (Å²) < 4.78 is 0. The van der Waals surface area contributed by atoms with Crippen LogP contribution < -0.4 is 16.8 Å². The van der Waals surface area contributed by atoms with E-state index in [2.05, 4.69) is 10.3 Å². The average molecular weight is 263 g/mol. The number of amides is 1. The monoisotopic (exact) mass is 262 g/mol. The second-order valence-electron chi connectivity index (χ2n) is 3.66. The van der Waals surface area contributed by atoms with Gasteiger partial charge in [-0.25, -0.2) is 0 Å². The van der Waals surface area contributed by atoms with Crippen molar-refractivity contribution in [2.75, 3.05) is 11.1 Å². The molecule has 0 bridgehead atoms. The zero-order valence-electron chi connectivity index (χ0n) is 9.35. The van der Waals surface area contributed by atoms with E-state index in [9.17, 15) is 4.79 Å². The fourth-order valence-corrected chi connectivity index (χ4v) is 1.81. The number of benzene rings is 1. The zero-order valence-corrected chi connectivity index (χ0v) is 10.1. The minimum absolute atomic E-state index is 0.240. The molecule has 0 aliphatic heterocycles. The number of nitrogens with two attached hydrogens (primary N) is 2. The number of aromatic nitrogens is 1. The molecule has 1 amide bonds. The maximum Gasteiger partial charge on any atom is 0.250 e. The molecule has 0 saturated carbocycles. The summed E-state index contributed by atoms with van der Waals surface area (Å²) in [7, 11) is 0. The van der Waals surface area contributed by atoms with E-state index in [1.165, 1.54) is 6.07 Å². The molecule has 0 aliphatic carbocycles. The van der Waals surface area contributed by atoms with Crippen LogP contribution >= 0.6 is 11.6 Å². The van der Waals surface area contributed by atoms with Crippen LogP contribution in [0.1, 0.15) is 10.4 Å². The molecule has 2 aromatic rings. The molecule has 6 heteroatoms. The Morgan fingerprint density at radius 3 is 2.78 bits per heavy atom. The number of rotatable bonds is 3. The van der Waals surface area contributed by atoms with E-state index in [-0.39, 0.29) is 5.56 Å². The number of carbonyl (C=O) groups is 1. The van der Waals surface area contributed by atoms with Crippen molar-refractivity contribution in [1.82, 2.24) is 4.98 Å². The van der Waals surface area contributed by atoms with Crippen molar-refractivity contribution in [1.29, 1.82) is 0 Å². The number of primary amides is 1. The highest BCUT2D eigenvalue weighted by atomic mass is 35.5. The second-order valence-corrected chi connectivity index (χ2v) is 4.06. The maximum atomic E-state index is 11.4. The molecule has 0 fully saturated rings. The van der Waals surface area contributed by atoms with Gasteiger partial charge in [0, 0.05) is 11.9 Å². The number of hydrogen-bond acceptors (Lipinski definition) is 4. The van der Waals surface area contributed by atoms with Gasteiger partial charge in [-0.15, -0.1) is 0 Å². The van der Waals surface area contributed by atoms with Gasteiger partial charge < -0.3 is 16.8 Å². The van der Waals surface area contributed by atoms with Crippen LogP contribution in [0.4, 0.5) is 17.1 Å². The summed E-state index contributed by atoms with van der Waals surface area (Å²) in [6.07, 6.45) is 3.25.